The highest BCUT2D eigenvalue weighted by Crippen LogP contribution is 2.31. The van der Waals surface area contributed by atoms with Crippen LogP contribution in [0.5, 0.6) is 0 Å². The highest BCUT2D eigenvalue weighted by molar-refractivity contribution is 6.31. The summed E-state index contributed by atoms with van der Waals surface area (Å²) in [5, 5.41) is 6.28. The number of aromatic nitrogens is 1. The number of benzene rings is 1. The van der Waals surface area contributed by atoms with Crippen molar-refractivity contribution in [3.05, 3.63) is 41.1 Å². The molecule has 1 aliphatic heterocycles. The Morgan fingerprint density at radius 2 is 2.12 bits per heavy atom. The van der Waals surface area contributed by atoms with E-state index in [2.05, 4.69) is 20.5 Å². The van der Waals surface area contributed by atoms with Crippen molar-refractivity contribution in [2.45, 2.75) is 32.7 Å². The van der Waals surface area contributed by atoms with E-state index in [4.69, 9.17) is 16.0 Å². The summed E-state index contributed by atoms with van der Waals surface area (Å²) in [5.41, 5.74) is 2.44. The van der Waals surface area contributed by atoms with Gasteiger partial charge < -0.3 is 20.0 Å². The molecule has 0 aliphatic carbocycles. The summed E-state index contributed by atoms with van der Waals surface area (Å²) < 4.78 is 5.12. The first-order valence-electron chi connectivity index (χ1n) is 8.12. The van der Waals surface area contributed by atoms with E-state index in [1.807, 2.05) is 19.1 Å². The Kier molecular flexibility index (Phi) is 5.25. The second-order valence-corrected chi connectivity index (χ2v) is 6.31. The largest absolute Gasteiger partial charge is 0.448 e. The highest BCUT2D eigenvalue weighted by atomic mass is 35.5. The number of hydrogen-bond donors (Lipinski definition) is 2. The third-order valence-electron chi connectivity index (χ3n) is 4.16. The molecule has 1 saturated heterocycles. The van der Waals surface area contributed by atoms with Crippen LogP contribution in [-0.4, -0.2) is 24.1 Å². The number of rotatable bonds is 4. The summed E-state index contributed by atoms with van der Waals surface area (Å²) in [4.78, 5) is 18.6. The number of carbonyl (C=O) groups is 1. The zero-order valence-electron chi connectivity index (χ0n) is 13.6. The minimum absolute atomic E-state index is 0.294. The SMILES string of the molecule is Cc1ocnc1CNC(=O)Nc1cc(Cl)ccc1N1CCCCC1. The number of carbonyl (C=O) groups excluding carboxylic acids is 1. The lowest BCUT2D eigenvalue weighted by atomic mass is 10.1. The van der Waals surface area contributed by atoms with Gasteiger partial charge in [0.15, 0.2) is 6.39 Å². The molecule has 7 heteroatoms. The van der Waals surface area contributed by atoms with Crippen molar-refractivity contribution in [2.24, 2.45) is 0 Å². The number of urea groups is 1. The van der Waals surface area contributed by atoms with Crippen LogP contribution in [0.2, 0.25) is 5.02 Å². The number of aryl methyl sites for hydroxylation is 1. The average molecular weight is 349 g/mol. The molecule has 0 saturated carbocycles. The van der Waals surface area contributed by atoms with E-state index >= 15 is 0 Å². The van der Waals surface area contributed by atoms with Crippen LogP contribution in [-0.2, 0) is 6.54 Å². The van der Waals surface area contributed by atoms with E-state index < -0.39 is 0 Å². The Bertz CT molecular complexity index is 710. The van der Waals surface area contributed by atoms with Gasteiger partial charge in [0.1, 0.15) is 11.5 Å². The van der Waals surface area contributed by atoms with Crippen molar-refractivity contribution >= 4 is 29.0 Å². The fourth-order valence-electron chi connectivity index (χ4n) is 2.85. The number of nitrogens with one attached hydrogen (secondary N) is 2. The molecule has 1 aliphatic rings. The van der Waals surface area contributed by atoms with Crippen molar-refractivity contribution in [2.75, 3.05) is 23.3 Å². The molecule has 0 radical (unpaired) electrons. The molecule has 1 fully saturated rings. The zero-order valence-corrected chi connectivity index (χ0v) is 14.4. The van der Waals surface area contributed by atoms with Gasteiger partial charge in [-0.05, 0) is 44.4 Å². The molecular formula is C17H21ClN4O2. The predicted molar refractivity (Wildman–Crippen MR) is 94.6 cm³/mol. The maximum absolute atomic E-state index is 12.2. The van der Waals surface area contributed by atoms with Crippen molar-refractivity contribution in [1.29, 1.82) is 0 Å². The molecule has 0 atom stereocenters. The molecule has 0 spiro atoms. The van der Waals surface area contributed by atoms with E-state index in [0.29, 0.717) is 23.0 Å². The Hall–Kier alpha value is -2.21. The molecule has 1 aromatic carbocycles. The molecule has 6 nitrogen and oxygen atoms in total. The number of hydrogen-bond acceptors (Lipinski definition) is 4. The van der Waals surface area contributed by atoms with Crippen LogP contribution in [0.25, 0.3) is 0 Å². The number of amides is 2. The number of anilines is 2. The van der Waals surface area contributed by atoms with Gasteiger partial charge in [0.25, 0.3) is 0 Å². The van der Waals surface area contributed by atoms with Crippen LogP contribution in [0.4, 0.5) is 16.2 Å². The second kappa shape index (κ2) is 7.57. The van der Waals surface area contributed by atoms with Gasteiger partial charge in [0.05, 0.1) is 17.9 Å². The quantitative estimate of drug-likeness (QED) is 0.877. The molecule has 0 bridgehead atoms. The van der Waals surface area contributed by atoms with Gasteiger partial charge in [-0.1, -0.05) is 11.6 Å². The molecule has 2 N–H and O–H groups in total. The van der Waals surface area contributed by atoms with Gasteiger partial charge in [0.2, 0.25) is 0 Å². The van der Waals surface area contributed by atoms with E-state index in [1.165, 1.54) is 25.7 Å². The molecule has 3 rings (SSSR count). The molecule has 1 aromatic heterocycles. The summed E-state index contributed by atoms with van der Waals surface area (Å²) in [6.07, 6.45) is 4.96. The molecule has 128 valence electrons. The van der Waals surface area contributed by atoms with Crippen molar-refractivity contribution < 1.29 is 9.21 Å². The standard InChI is InChI=1S/C17H21ClN4O2/c1-12-15(20-11-24-12)10-19-17(23)21-14-9-13(18)5-6-16(14)22-7-3-2-4-8-22/h5-6,9,11H,2-4,7-8,10H2,1H3,(H2,19,21,23). The smallest absolute Gasteiger partial charge is 0.319 e. The minimum atomic E-state index is -0.294. The van der Waals surface area contributed by atoms with Crippen molar-refractivity contribution in [3.8, 4) is 0 Å². The number of nitrogens with zero attached hydrogens (tertiary/aromatic N) is 2. The van der Waals surface area contributed by atoms with Crippen LogP contribution >= 0.6 is 11.6 Å². The van der Waals surface area contributed by atoms with E-state index in [9.17, 15) is 4.79 Å². The third kappa shape index (κ3) is 4.00. The predicted octanol–water partition coefficient (Wildman–Crippen LogP) is 3.95. The van der Waals surface area contributed by atoms with Gasteiger partial charge >= 0.3 is 6.03 Å². The summed E-state index contributed by atoms with van der Waals surface area (Å²) in [7, 11) is 0. The lowest BCUT2D eigenvalue weighted by Crippen LogP contribution is -2.32. The van der Waals surface area contributed by atoms with Gasteiger partial charge in [0, 0.05) is 18.1 Å². The first kappa shape index (κ1) is 16.6. The maximum Gasteiger partial charge on any atom is 0.319 e. The summed E-state index contributed by atoms with van der Waals surface area (Å²) in [6, 6.07) is 5.31. The second-order valence-electron chi connectivity index (χ2n) is 5.87. The average Bonchev–Trinajstić information content (AvgIpc) is 2.99. The topological polar surface area (TPSA) is 70.4 Å². The van der Waals surface area contributed by atoms with Gasteiger partial charge in [-0.25, -0.2) is 9.78 Å². The molecule has 2 heterocycles. The van der Waals surface area contributed by atoms with Crippen LogP contribution in [0.1, 0.15) is 30.7 Å². The van der Waals surface area contributed by atoms with Crippen LogP contribution in [0.3, 0.4) is 0 Å². The molecule has 0 unspecified atom stereocenters. The Balaban J connectivity index is 1.67. The van der Waals surface area contributed by atoms with E-state index in [1.54, 1.807) is 6.07 Å². The van der Waals surface area contributed by atoms with Gasteiger partial charge in [-0.3, -0.25) is 0 Å². The first-order chi connectivity index (χ1) is 11.6. The van der Waals surface area contributed by atoms with Crippen LogP contribution in [0.15, 0.2) is 29.0 Å². The fourth-order valence-corrected chi connectivity index (χ4v) is 3.02. The van der Waals surface area contributed by atoms with Crippen LogP contribution in [0, 0.1) is 6.92 Å². The Labute approximate surface area is 146 Å². The summed E-state index contributed by atoms with van der Waals surface area (Å²) in [5.74, 6) is 0.701. The lowest BCUT2D eigenvalue weighted by molar-refractivity contribution is 0.251. The monoisotopic (exact) mass is 348 g/mol. The number of halogens is 1. The molecule has 2 amide bonds. The molecular weight excluding hydrogens is 328 g/mol. The normalized spacial score (nSPS) is 14.5. The van der Waals surface area contributed by atoms with Crippen LogP contribution < -0.4 is 15.5 Å². The fraction of sp³-hybridized carbons (Fsp3) is 0.412. The minimum Gasteiger partial charge on any atom is -0.448 e. The van der Waals surface area contributed by atoms with Gasteiger partial charge in [-0.15, -0.1) is 0 Å². The van der Waals surface area contributed by atoms with Crippen molar-refractivity contribution in [1.82, 2.24) is 10.3 Å². The lowest BCUT2D eigenvalue weighted by Gasteiger charge is -2.30. The Morgan fingerprint density at radius 1 is 1.33 bits per heavy atom. The van der Waals surface area contributed by atoms with Gasteiger partial charge in [-0.2, -0.15) is 0 Å². The van der Waals surface area contributed by atoms with E-state index in [-0.39, 0.29) is 6.03 Å². The zero-order chi connectivity index (χ0) is 16.9. The summed E-state index contributed by atoms with van der Waals surface area (Å²) >= 11 is 6.11. The maximum atomic E-state index is 12.2. The van der Waals surface area contributed by atoms with E-state index in [0.717, 1.165) is 24.5 Å². The number of oxazole rings is 1. The highest BCUT2D eigenvalue weighted by Gasteiger charge is 2.16. The van der Waals surface area contributed by atoms with Crippen molar-refractivity contribution in [3.63, 3.8) is 0 Å². The molecule has 24 heavy (non-hydrogen) atoms. The third-order valence-corrected chi connectivity index (χ3v) is 4.40. The number of piperidine rings is 1. The first-order valence-corrected chi connectivity index (χ1v) is 8.49. The molecule has 2 aromatic rings. The Morgan fingerprint density at radius 3 is 2.83 bits per heavy atom. The summed E-state index contributed by atoms with van der Waals surface area (Å²) in [6.45, 7) is 4.12.